The van der Waals surface area contributed by atoms with Crippen LogP contribution in [0.5, 0.6) is 0 Å². The van der Waals surface area contributed by atoms with E-state index in [1.54, 1.807) is 17.9 Å². The molecule has 1 rings (SSSR count). The van der Waals surface area contributed by atoms with Crippen LogP contribution in [0.1, 0.15) is 36.7 Å². The Morgan fingerprint density at radius 3 is 2.50 bits per heavy atom. The van der Waals surface area contributed by atoms with E-state index < -0.39 is 5.82 Å². The predicted molar refractivity (Wildman–Crippen MR) is 72.0 cm³/mol. The van der Waals surface area contributed by atoms with Gasteiger partial charge in [-0.05, 0) is 31.9 Å². The number of carbonyl (C=O) groups is 1. The molecule has 1 aromatic carbocycles. The van der Waals surface area contributed by atoms with Gasteiger partial charge in [0.25, 0.3) is 5.91 Å². The number of hydrogen-bond donors (Lipinski definition) is 1. The summed E-state index contributed by atoms with van der Waals surface area (Å²) in [7, 11) is 0. The van der Waals surface area contributed by atoms with Gasteiger partial charge in [0.2, 0.25) is 0 Å². The maximum atomic E-state index is 13.6. The summed E-state index contributed by atoms with van der Waals surface area (Å²) in [6, 6.07) is 2.81. The average molecular weight is 252 g/mol. The van der Waals surface area contributed by atoms with Crippen molar-refractivity contribution < 1.29 is 9.18 Å². The molecule has 0 radical (unpaired) electrons. The van der Waals surface area contributed by atoms with Gasteiger partial charge >= 0.3 is 0 Å². The zero-order valence-electron chi connectivity index (χ0n) is 11.5. The first-order valence-electron chi connectivity index (χ1n) is 6.21. The van der Waals surface area contributed by atoms with Crippen LogP contribution in [0.4, 0.5) is 10.1 Å². The van der Waals surface area contributed by atoms with Gasteiger partial charge in [-0.15, -0.1) is 0 Å². The minimum absolute atomic E-state index is 0.170. The summed E-state index contributed by atoms with van der Waals surface area (Å²) in [4.78, 5) is 13.9. The van der Waals surface area contributed by atoms with Gasteiger partial charge in [0.1, 0.15) is 5.82 Å². The first-order valence-corrected chi connectivity index (χ1v) is 6.21. The lowest BCUT2D eigenvalue weighted by molar-refractivity contribution is 0.0745. The van der Waals surface area contributed by atoms with E-state index in [0.717, 1.165) is 0 Å². The molecule has 0 unspecified atom stereocenters. The van der Waals surface area contributed by atoms with Gasteiger partial charge in [-0.1, -0.05) is 13.8 Å². The maximum Gasteiger partial charge on any atom is 0.254 e. The van der Waals surface area contributed by atoms with E-state index >= 15 is 0 Å². The van der Waals surface area contributed by atoms with E-state index in [1.807, 2.05) is 20.8 Å². The first kappa shape index (κ1) is 14.5. The van der Waals surface area contributed by atoms with Crippen molar-refractivity contribution in [3.05, 3.63) is 29.1 Å². The number of nitrogen functional groups attached to an aromatic ring is 1. The fourth-order valence-corrected chi connectivity index (χ4v) is 1.80. The van der Waals surface area contributed by atoms with Crippen molar-refractivity contribution in [1.82, 2.24) is 4.90 Å². The summed E-state index contributed by atoms with van der Waals surface area (Å²) in [5.41, 5.74) is 6.71. The largest absolute Gasteiger partial charge is 0.398 e. The summed E-state index contributed by atoms with van der Waals surface area (Å²) in [5.74, 6) is -0.225. The molecule has 100 valence electrons. The van der Waals surface area contributed by atoms with E-state index in [1.165, 1.54) is 6.07 Å². The number of carbonyl (C=O) groups excluding carboxylic acids is 1. The fourth-order valence-electron chi connectivity index (χ4n) is 1.80. The van der Waals surface area contributed by atoms with Gasteiger partial charge in [0.15, 0.2) is 0 Å². The van der Waals surface area contributed by atoms with Crippen molar-refractivity contribution in [2.24, 2.45) is 5.92 Å². The molecule has 2 N–H and O–H groups in total. The third-order valence-electron chi connectivity index (χ3n) is 2.89. The Balaban J connectivity index is 3.02. The summed E-state index contributed by atoms with van der Waals surface area (Å²) in [5, 5.41) is 0. The van der Waals surface area contributed by atoms with E-state index in [2.05, 4.69) is 0 Å². The van der Waals surface area contributed by atoms with Crippen LogP contribution in [0.15, 0.2) is 12.1 Å². The maximum absolute atomic E-state index is 13.6. The highest BCUT2D eigenvalue weighted by Gasteiger charge is 2.17. The molecule has 3 nitrogen and oxygen atoms in total. The highest BCUT2D eigenvalue weighted by Crippen LogP contribution is 2.19. The second kappa shape index (κ2) is 5.85. The van der Waals surface area contributed by atoms with Crippen LogP contribution in [-0.4, -0.2) is 23.9 Å². The van der Waals surface area contributed by atoms with Crippen LogP contribution in [-0.2, 0) is 0 Å². The topological polar surface area (TPSA) is 46.3 Å². The monoisotopic (exact) mass is 252 g/mol. The lowest BCUT2D eigenvalue weighted by Gasteiger charge is -2.23. The summed E-state index contributed by atoms with van der Waals surface area (Å²) < 4.78 is 13.6. The van der Waals surface area contributed by atoms with E-state index in [0.29, 0.717) is 35.8 Å². The molecule has 0 fully saturated rings. The Labute approximate surface area is 108 Å². The highest BCUT2D eigenvalue weighted by molar-refractivity contribution is 5.95. The highest BCUT2D eigenvalue weighted by atomic mass is 19.1. The molecule has 4 heteroatoms. The summed E-state index contributed by atoms with van der Waals surface area (Å²) >= 11 is 0. The molecule has 1 aromatic rings. The smallest absolute Gasteiger partial charge is 0.254 e. The summed E-state index contributed by atoms with van der Waals surface area (Å²) in [6.07, 6.45) is 0. The van der Waals surface area contributed by atoms with Crippen molar-refractivity contribution in [3.8, 4) is 0 Å². The number of benzene rings is 1. The Morgan fingerprint density at radius 1 is 1.44 bits per heavy atom. The van der Waals surface area contributed by atoms with Crippen molar-refractivity contribution in [1.29, 1.82) is 0 Å². The Bertz CT molecular complexity index is 420. The molecule has 1 amide bonds. The van der Waals surface area contributed by atoms with Crippen molar-refractivity contribution in [2.75, 3.05) is 18.8 Å². The van der Waals surface area contributed by atoms with Gasteiger partial charge in [-0.3, -0.25) is 4.79 Å². The van der Waals surface area contributed by atoms with Gasteiger partial charge in [-0.25, -0.2) is 4.39 Å². The van der Waals surface area contributed by atoms with E-state index in [-0.39, 0.29) is 5.91 Å². The SMILES string of the molecule is CCN(CC(C)C)C(=O)c1cc(N)c(C)c(F)c1. The molecule has 0 atom stereocenters. The molecule has 0 aliphatic rings. The Hall–Kier alpha value is -1.58. The number of halogens is 1. The molecule has 0 aliphatic carbocycles. The lowest BCUT2D eigenvalue weighted by Crippen LogP contribution is -2.34. The van der Waals surface area contributed by atoms with Crippen LogP contribution in [0.25, 0.3) is 0 Å². The zero-order chi connectivity index (χ0) is 13.9. The molecular formula is C14H21FN2O. The van der Waals surface area contributed by atoms with Crippen LogP contribution in [0, 0.1) is 18.7 Å². The van der Waals surface area contributed by atoms with Crippen molar-refractivity contribution >= 4 is 11.6 Å². The average Bonchev–Trinajstić information content (AvgIpc) is 2.31. The Kier molecular flexibility index (Phi) is 4.70. The first-order chi connectivity index (χ1) is 8.36. The number of nitrogens with zero attached hydrogens (tertiary/aromatic N) is 1. The molecule has 18 heavy (non-hydrogen) atoms. The normalized spacial score (nSPS) is 10.8. The molecule has 0 saturated heterocycles. The van der Waals surface area contributed by atoms with Crippen LogP contribution < -0.4 is 5.73 Å². The number of anilines is 1. The molecule has 0 bridgehead atoms. The molecule has 0 saturated carbocycles. The fraction of sp³-hybridized carbons (Fsp3) is 0.500. The molecule has 0 aliphatic heterocycles. The minimum atomic E-state index is -0.432. The van der Waals surface area contributed by atoms with Crippen molar-refractivity contribution in [2.45, 2.75) is 27.7 Å². The third-order valence-corrected chi connectivity index (χ3v) is 2.89. The number of hydrogen-bond acceptors (Lipinski definition) is 2. The van der Waals surface area contributed by atoms with Gasteiger partial charge in [0.05, 0.1) is 0 Å². The molecule has 0 spiro atoms. The van der Waals surface area contributed by atoms with Crippen LogP contribution >= 0.6 is 0 Å². The van der Waals surface area contributed by atoms with E-state index in [9.17, 15) is 9.18 Å². The molecular weight excluding hydrogens is 231 g/mol. The second-order valence-electron chi connectivity index (χ2n) is 4.91. The van der Waals surface area contributed by atoms with Gasteiger partial charge < -0.3 is 10.6 Å². The lowest BCUT2D eigenvalue weighted by atomic mass is 10.1. The zero-order valence-corrected chi connectivity index (χ0v) is 11.5. The quantitative estimate of drug-likeness (QED) is 0.837. The van der Waals surface area contributed by atoms with Crippen LogP contribution in [0.3, 0.4) is 0 Å². The standard InChI is InChI=1S/C14H21FN2O/c1-5-17(8-9(2)3)14(18)11-6-12(15)10(4)13(16)7-11/h6-7,9H,5,8,16H2,1-4H3. The predicted octanol–water partition coefficient (Wildman–Crippen LogP) is 2.83. The number of amides is 1. The minimum Gasteiger partial charge on any atom is -0.398 e. The van der Waals surface area contributed by atoms with Gasteiger partial charge in [-0.2, -0.15) is 0 Å². The molecule has 0 heterocycles. The number of nitrogens with two attached hydrogens (primary N) is 1. The molecule has 0 aromatic heterocycles. The van der Waals surface area contributed by atoms with Gasteiger partial charge in [0, 0.05) is 29.9 Å². The van der Waals surface area contributed by atoms with E-state index in [4.69, 9.17) is 5.73 Å². The summed E-state index contributed by atoms with van der Waals surface area (Å²) in [6.45, 7) is 8.86. The third kappa shape index (κ3) is 3.22. The second-order valence-corrected chi connectivity index (χ2v) is 4.91. The van der Waals surface area contributed by atoms with Crippen molar-refractivity contribution in [3.63, 3.8) is 0 Å². The Morgan fingerprint density at radius 2 is 2.06 bits per heavy atom. The number of rotatable bonds is 4. The van der Waals surface area contributed by atoms with Crippen LogP contribution in [0.2, 0.25) is 0 Å².